The molecule has 1 nitrogen and oxygen atoms in total. The Morgan fingerprint density at radius 1 is 1.44 bits per heavy atom. The second-order valence-electron chi connectivity index (χ2n) is 4.03. The highest BCUT2D eigenvalue weighted by Crippen LogP contribution is 2.63. The SMILES string of the molecule is CC1CC2CC13CC2O3. The smallest absolute Gasteiger partial charge is 0.0740 e. The van der Waals surface area contributed by atoms with Crippen molar-refractivity contribution in [2.45, 2.75) is 37.9 Å². The lowest BCUT2D eigenvalue weighted by atomic mass is 9.80. The molecule has 4 unspecified atom stereocenters. The third kappa shape index (κ3) is 0.337. The van der Waals surface area contributed by atoms with Gasteiger partial charge in [-0.05, 0) is 24.7 Å². The highest BCUT2D eigenvalue weighted by atomic mass is 16.5. The topological polar surface area (TPSA) is 9.23 Å². The van der Waals surface area contributed by atoms with Crippen LogP contribution in [0, 0.1) is 11.8 Å². The first-order valence-electron chi connectivity index (χ1n) is 3.98. The van der Waals surface area contributed by atoms with Gasteiger partial charge in [0.1, 0.15) is 0 Å². The number of ether oxygens (including phenoxy) is 1. The molecular weight excluding hydrogens is 112 g/mol. The molecule has 0 N–H and O–H groups in total. The lowest BCUT2D eigenvalue weighted by Crippen LogP contribution is -2.50. The van der Waals surface area contributed by atoms with Gasteiger partial charge in [0.2, 0.25) is 0 Å². The van der Waals surface area contributed by atoms with E-state index in [1.165, 1.54) is 19.3 Å². The fourth-order valence-electron chi connectivity index (χ4n) is 3.02. The summed E-state index contributed by atoms with van der Waals surface area (Å²) in [5.74, 6) is 1.83. The van der Waals surface area contributed by atoms with Crippen molar-refractivity contribution in [1.82, 2.24) is 0 Å². The summed E-state index contributed by atoms with van der Waals surface area (Å²) < 4.78 is 5.75. The molecule has 2 aliphatic heterocycles. The Morgan fingerprint density at radius 2 is 2.22 bits per heavy atom. The van der Waals surface area contributed by atoms with Crippen LogP contribution in [0.1, 0.15) is 26.2 Å². The molecule has 1 heteroatoms. The summed E-state index contributed by atoms with van der Waals surface area (Å²) in [5, 5.41) is 0. The van der Waals surface area contributed by atoms with Crippen molar-refractivity contribution in [3.05, 3.63) is 0 Å². The quantitative estimate of drug-likeness (QED) is 0.476. The van der Waals surface area contributed by atoms with E-state index >= 15 is 0 Å². The van der Waals surface area contributed by atoms with Crippen LogP contribution in [0.2, 0.25) is 0 Å². The minimum absolute atomic E-state index is 0.412. The van der Waals surface area contributed by atoms with Crippen LogP contribution in [0.25, 0.3) is 0 Å². The maximum absolute atomic E-state index is 5.75. The van der Waals surface area contributed by atoms with Crippen LogP contribution in [0.4, 0.5) is 0 Å². The molecule has 0 amide bonds. The van der Waals surface area contributed by atoms with Crippen LogP contribution in [0.15, 0.2) is 0 Å². The average Bonchev–Trinajstić information content (AvgIpc) is 2.20. The van der Waals surface area contributed by atoms with Gasteiger partial charge < -0.3 is 4.74 Å². The largest absolute Gasteiger partial charge is 0.371 e. The van der Waals surface area contributed by atoms with E-state index in [-0.39, 0.29) is 0 Å². The van der Waals surface area contributed by atoms with E-state index in [4.69, 9.17) is 4.74 Å². The van der Waals surface area contributed by atoms with Crippen LogP contribution in [-0.2, 0) is 4.74 Å². The predicted octanol–water partition coefficient (Wildman–Crippen LogP) is 1.57. The third-order valence-corrected chi connectivity index (χ3v) is 3.62. The molecule has 4 atom stereocenters. The molecule has 3 bridgehead atoms. The predicted molar refractivity (Wildman–Crippen MR) is 34.1 cm³/mol. The summed E-state index contributed by atoms with van der Waals surface area (Å²) >= 11 is 0. The molecule has 2 saturated heterocycles. The van der Waals surface area contributed by atoms with Crippen molar-refractivity contribution in [3.8, 4) is 0 Å². The van der Waals surface area contributed by atoms with Gasteiger partial charge in [-0.3, -0.25) is 0 Å². The monoisotopic (exact) mass is 124 g/mol. The number of hydrogen-bond acceptors (Lipinski definition) is 1. The lowest BCUT2D eigenvalue weighted by Gasteiger charge is -2.46. The van der Waals surface area contributed by atoms with Gasteiger partial charge in [-0.25, -0.2) is 0 Å². The first-order chi connectivity index (χ1) is 4.30. The van der Waals surface area contributed by atoms with Crippen LogP contribution in [0.5, 0.6) is 0 Å². The van der Waals surface area contributed by atoms with Crippen molar-refractivity contribution >= 4 is 0 Å². The molecule has 4 aliphatic rings. The Labute approximate surface area is 55.4 Å². The molecule has 50 valence electrons. The van der Waals surface area contributed by atoms with Gasteiger partial charge in [0.05, 0.1) is 11.7 Å². The minimum Gasteiger partial charge on any atom is -0.371 e. The highest BCUT2D eigenvalue weighted by Gasteiger charge is 2.65. The maximum Gasteiger partial charge on any atom is 0.0740 e. The third-order valence-electron chi connectivity index (χ3n) is 3.62. The van der Waals surface area contributed by atoms with Gasteiger partial charge >= 0.3 is 0 Å². The molecule has 4 rings (SSSR count). The van der Waals surface area contributed by atoms with Crippen LogP contribution >= 0.6 is 0 Å². The zero-order valence-electron chi connectivity index (χ0n) is 5.76. The summed E-state index contributed by atoms with van der Waals surface area (Å²) in [4.78, 5) is 0. The van der Waals surface area contributed by atoms with Crippen molar-refractivity contribution in [2.24, 2.45) is 11.8 Å². The van der Waals surface area contributed by atoms with Gasteiger partial charge in [0.15, 0.2) is 0 Å². The summed E-state index contributed by atoms with van der Waals surface area (Å²) in [6.07, 6.45) is 4.92. The molecule has 4 fully saturated rings. The Balaban J connectivity index is 2.06. The summed E-state index contributed by atoms with van der Waals surface area (Å²) in [5.41, 5.74) is 0.412. The van der Waals surface area contributed by atoms with E-state index in [1.807, 2.05) is 0 Å². The summed E-state index contributed by atoms with van der Waals surface area (Å²) in [7, 11) is 0. The second-order valence-corrected chi connectivity index (χ2v) is 4.03. The molecule has 0 aromatic carbocycles. The molecule has 2 aliphatic carbocycles. The molecule has 0 radical (unpaired) electrons. The fourth-order valence-corrected chi connectivity index (χ4v) is 3.02. The molecule has 2 saturated carbocycles. The molecule has 9 heavy (non-hydrogen) atoms. The molecule has 0 aromatic heterocycles. The van der Waals surface area contributed by atoms with Crippen molar-refractivity contribution < 1.29 is 4.74 Å². The van der Waals surface area contributed by atoms with Crippen molar-refractivity contribution in [3.63, 3.8) is 0 Å². The Kier molecular flexibility index (Phi) is 0.563. The molecule has 2 heterocycles. The van der Waals surface area contributed by atoms with Gasteiger partial charge in [0, 0.05) is 6.42 Å². The summed E-state index contributed by atoms with van der Waals surface area (Å²) in [6, 6.07) is 0. The number of hydrogen-bond donors (Lipinski definition) is 0. The first-order valence-corrected chi connectivity index (χ1v) is 3.98. The van der Waals surface area contributed by atoms with Gasteiger partial charge in [-0.1, -0.05) is 6.92 Å². The van der Waals surface area contributed by atoms with Crippen molar-refractivity contribution in [2.75, 3.05) is 0 Å². The number of rotatable bonds is 0. The van der Waals surface area contributed by atoms with Crippen LogP contribution in [0.3, 0.4) is 0 Å². The van der Waals surface area contributed by atoms with E-state index in [2.05, 4.69) is 6.92 Å². The van der Waals surface area contributed by atoms with Gasteiger partial charge in [-0.2, -0.15) is 0 Å². The summed E-state index contributed by atoms with van der Waals surface area (Å²) in [6.45, 7) is 2.34. The van der Waals surface area contributed by atoms with E-state index in [9.17, 15) is 0 Å². The fraction of sp³-hybridized carbons (Fsp3) is 1.00. The molecular formula is C8H12O. The van der Waals surface area contributed by atoms with Crippen LogP contribution in [-0.4, -0.2) is 11.7 Å². The zero-order valence-corrected chi connectivity index (χ0v) is 5.76. The lowest BCUT2D eigenvalue weighted by molar-refractivity contribution is -0.205. The average molecular weight is 124 g/mol. The van der Waals surface area contributed by atoms with E-state index in [1.54, 1.807) is 0 Å². The van der Waals surface area contributed by atoms with Crippen LogP contribution < -0.4 is 0 Å². The first kappa shape index (κ1) is 4.73. The minimum atomic E-state index is 0.412. The van der Waals surface area contributed by atoms with Crippen molar-refractivity contribution in [1.29, 1.82) is 0 Å². The Hall–Kier alpha value is -0.0400. The Bertz CT molecular complexity index is 158. The maximum atomic E-state index is 5.75. The Morgan fingerprint density at radius 3 is 2.44 bits per heavy atom. The zero-order chi connectivity index (χ0) is 6.06. The molecule has 0 aromatic rings. The normalized spacial score (nSPS) is 68.3. The van der Waals surface area contributed by atoms with E-state index < -0.39 is 0 Å². The van der Waals surface area contributed by atoms with Gasteiger partial charge in [-0.15, -0.1) is 0 Å². The second kappa shape index (κ2) is 1.07. The molecule has 1 spiro atoms. The van der Waals surface area contributed by atoms with Gasteiger partial charge in [0.25, 0.3) is 0 Å². The van der Waals surface area contributed by atoms with E-state index in [0.29, 0.717) is 11.7 Å². The highest BCUT2D eigenvalue weighted by molar-refractivity contribution is 5.14. The standard InChI is InChI=1S/C8H12O/c1-5-2-6-3-8(5)4-7(6)9-8/h5-7H,2-4H2,1H3. The van der Waals surface area contributed by atoms with E-state index in [0.717, 1.165) is 11.8 Å².